The first-order chi connectivity index (χ1) is 13.1. The van der Waals surface area contributed by atoms with Crippen LogP contribution in [0, 0.1) is 5.82 Å². The van der Waals surface area contributed by atoms with E-state index in [0.29, 0.717) is 24.8 Å². The molecule has 3 rings (SSSR count). The summed E-state index contributed by atoms with van der Waals surface area (Å²) in [7, 11) is 0. The van der Waals surface area contributed by atoms with Crippen molar-refractivity contribution in [2.75, 3.05) is 17.2 Å². The average Bonchev–Trinajstić information content (AvgIpc) is 2.69. The first kappa shape index (κ1) is 18.3. The van der Waals surface area contributed by atoms with Gasteiger partial charge in [-0.2, -0.15) is 0 Å². The lowest BCUT2D eigenvalue weighted by Gasteiger charge is -2.08. The maximum absolute atomic E-state index is 12.9. The molecule has 0 aliphatic carbocycles. The van der Waals surface area contributed by atoms with Crippen molar-refractivity contribution >= 4 is 17.5 Å². The minimum Gasteiger partial charge on any atom is -0.494 e. The van der Waals surface area contributed by atoms with E-state index in [1.165, 1.54) is 24.4 Å². The first-order valence-corrected chi connectivity index (χ1v) is 8.49. The predicted molar refractivity (Wildman–Crippen MR) is 101 cm³/mol. The Morgan fingerprint density at radius 2 is 1.81 bits per heavy atom. The van der Waals surface area contributed by atoms with Crippen molar-refractivity contribution in [2.45, 2.75) is 13.5 Å². The zero-order valence-electron chi connectivity index (χ0n) is 14.8. The number of benzene rings is 2. The largest absolute Gasteiger partial charge is 0.494 e. The van der Waals surface area contributed by atoms with Gasteiger partial charge in [-0.15, -0.1) is 0 Å². The molecular formula is C20H19FN4O2. The molecule has 0 spiro atoms. The van der Waals surface area contributed by atoms with E-state index in [1.54, 1.807) is 36.4 Å². The fraction of sp³-hybridized carbons (Fsp3) is 0.150. The van der Waals surface area contributed by atoms with Crippen molar-refractivity contribution in [3.63, 3.8) is 0 Å². The van der Waals surface area contributed by atoms with E-state index in [-0.39, 0.29) is 17.4 Å². The summed E-state index contributed by atoms with van der Waals surface area (Å²) < 4.78 is 18.3. The SMILES string of the molecule is CCOc1ccc(NC(=O)c2ccnc(NCc3ccc(F)cc3)n2)cc1. The maximum atomic E-state index is 12.9. The molecule has 0 saturated carbocycles. The van der Waals surface area contributed by atoms with E-state index in [9.17, 15) is 9.18 Å². The molecule has 2 N–H and O–H groups in total. The summed E-state index contributed by atoms with van der Waals surface area (Å²) in [5.41, 5.74) is 1.76. The van der Waals surface area contributed by atoms with Crippen LogP contribution in [-0.2, 0) is 6.54 Å². The highest BCUT2D eigenvalue weighted by Crippen LogP contribution is 2.16. The highest BCUT2D eigenvalue weighted by atomic mass is 19.1. The van der Waals surface area contributed by atoms with Gasteiger partial charge in [0.2, 0.25) is 5.95 Å². The van der Waals surface area contributed by atoms with Gasteiger partial charge < -0.3 is 15.4 Å². The number of aromatic nitrogens is 2. The highest BCUT2D eigenvalue weighted by molar-refractivity contribution is 6.02. The molecule has 0 saturated heterocycles. The lowest BCUT2D eigenvalue weighted by molar-refractivity contribution is 0.102. The van der Waals surface area contributed by atoms with E-state index >= 15 is 0 Å². The van der Waals surface area contributed by atoms with Crippen molar-refractivity contribution < 1.29 is 13.9 Å². The zero-order valence-corrected chi connectivity index (χ0v) is 14.8. The smallest absolute Gasteiger partial charge is 0.274 e. The number of carbonyl (C=O) groups excluding carboxylic acids is 1. The van der Waals surface area contributed by atoms with Gasteiger partial charge >= 0.3 is 0 Å². The summed E-state index contributed by atoms with van der Waals surface area (Å²) in [5, 5.41) is 5.80. The highest BCUT2D eigenvalue weighted by Gasteiger charge is 2.09. The number of hydrogen-bond donors (Lipinski definition) is 2. The fourth-order valence-corrected chi connectivity index (χ4v) is 2.35. The van der Waals surface area contributed by atoms with Crippen LogP contribution in [0.25, 0.3) is 0 Å². The third-order valence-corrected chi connectivity index (χ3v) is 3.68. The van der Waals surface area contributed by atoms with Crippen LogP contribution in [0.3, 0.4) is 0 Å². The molecule has 7 heteroatoms. The second-order valence-corrected chi connectivity index (χ2v) is 5.66. The molecule has 2 aromatic carbocycles. The molecule has 138 valence electrons. The minimum atomic E-state index is -0.341. The Labute approximate surface area is 156 Å². The third kappa shape index (κ3) is 5.24. The molecular weight excluding hydrogens is 347 g/mol. The van der Waals surface area contributed by atoms with E-state index in [0.717, 1.165) is 11.3 Å². The summed E-state index contributed by atoms with van der Waals surface area (Å²) in [4.78, 5) is 20.7. The monoisotopic (exact) mass is 366 g/mol. The Kier molecular flexibility index (Phi) is 5.94. The van der Waals surface area contributed by atoms with E-state index < -0.39 is 0 Å². The molecule has 6 nitrogen and oxygen atoms in total. The molecule has 3 aromatic rings. The summed E-state index contributed by atoms with van der Waals surface area (Å²) in [6, 6.07) is 14.7. The van der Waals surface area contributed by atoms with Gasteiger partial charge in [0.1, 0.15) is 17.3 Å². The van der Waals surface area contributed by atoms with Crippen LogP contribution in [0.15, 0.2) is 60.8 Å². The minimum absolute atomic E-state index is 0.237. The molecule has 0 unspecified atom stereocenters. The van der Waals surface area contributed by atoms with Gasteiger partial charge in [-0.3, -0.25) is 4.79 Å². The van der Waals surface area contributed by atoms with Crippen molar-refractivity contribution in [3.05, 3.63) is 77.9 Å². The van der Waals surface area contributed by atoms with Gasteiger partial charge in [-0.1, -0.05) is 12.1 Å². The quantitative estimate of drug-likeness (QED) is 0.664. The average molecular weight is 366 g/mol. The topological polar surface area (TPSA) is 76.1 Å². The third-order valence-electron chi connectivity index (χ3n) is 3.68. The van der Waals surface area contributed by atoms with Crippen LogP contribution < -0.4 is 15.4 Å². The van der Waals surface area contributed by atoms with Crippen LogP contribution >= 0.6 is 0 Å². The standard InChI is InChI=1S/C20H19FN4O2/c1-2-27-17-9-7-16(8-10-17)24-19(26)18-11-12-22-20(25-18)23-13-14-3-5-15(21)6-4-14/h3-12H,2,13H2,1H3,(H,24,26)(H,22,23,25). The number of rotatable bonds is 7. The Bertz CT molecular complexity index is 899. The van der Waals surface area contributed by atoms with Crippen molar-refractivity contribution in [1.82, 2.24) is 9.97 Å². The van der Waals surface area contributed by atoms with Crippen LogP contribution in [0.4, 0.5) is 16.0 Å². The van der Waals surface area contributed by atoms with Gasteiger partial charge in [0.25, 0.3) is 5.91 Å². The van der Waals surface area contributed by atoms with Crippen molar-refractivity contribution in [2.24, 2.45) is 0 Å². The first-order valence-electron chi connectivity index (χ1n) is 8.49. The van der Waals surface area contributed by atoms with E-state index in [2.05, 4.69) is 20.6 Å². The molecule has 1 aromatic heterocycles. The van der Waals surface area contributed by atoms with Crippen LogP contribution in [0.5, 0.6) is 5.75 Å². The number of anilines is 2. The molecule has 0 fully saturated rings. The van der Waals surface area contributed by atoms with Crippen LogP contribution in [0.2, 0.25) is 0 Å². The maximum Gasteiger partial charge on any atom is 0.274 e. The summed E-state index contributed by atoms with van der Waals surface area (Å²) >= 11 is 0. The number of ether oxygens (including phenoxy) is 1. The lowest BCUT2D eigenvalue weighted by Crippen LogP contribution is -2.15. The Balaban J connectivity index is 1.61. The number of nitrogens with one attached hydrogen (secondary N) is 2. The number of hydrogen-bond acceptors (Lipinski definition) is 5. The molecule has 0 atom stereocenters. The lowest BCUT2D eigenvalue weighted by atomic mass is 10.2. The molecule has 1 amide bonds. The molecule has 0 bridgehead atoms. The Morgan fingerprint density at radius 1 is 1.07 bits per heavy atom. The van der Waals surface area contributed by atoms with Crippen molar-refractivity contribution in [1.29, 1.82) is 0 Å². The van der Waals surface area contributed by atoms with Gasteiger partial charge in [0.05, 0.1) is 6.61 Å². The molecule has 0 aliphatic rings. The fourth-order valence-electron chi connectivity index (χ4n) is 2.35. The zero-order chi connectivity index (χ0) is 19.1. The summed E-state index contributed by atoms with van der Waals surface area (Å²) in [6.45, 7) is 2.91. The van der Waals surface area contributed by atoms with Crippen LogP contribution in [-0.4, -0.2) is 22.5 Å². The van der Waals surface area contributed by atoms with Gasteiger partial charge in [0, 0.05) is 18.4 Å². The molecule has 0 radical (unpaired) electrons. The van der Waals surface area contributed by atoms with Crippen molar-refractivity contribution in [3.8, 4) is 5.75 Å². The van der Waals surface area contributed by atoms with Gasteiger partial charge in [0.15, 0.2) is 0 Å². The normalized spacial score (nSPS) is 10.3. The predicted octanol–water partition coefficient (Wildman–Crippen LogP) is 3.88. The number of amides is 1. The molecule has 0 aliphatic heterocycles. The summed E-state index contributed by atoms with van der Waals surface area (Å²) in [6.07, 6.45) is 1.51. The molecule has 27 heavy (non-hydrogen) atoms. The number of nitrogens with zero attached hydrogens (tertiary/aromatic N) is 2. The van der Waals surface area contributed by atoms with Gasteiger partial charge in [-0.25, -0.2) is 14.4 Å². The Morgan fingerprint density at radius 3 is 2.52 bits per heavy atom. The second-order valence-electron chi connectivity index (χ2n) is 5.66. The summed E-state index contributed by atoms with van der Waals surface area (Å²) in [5.74, 6) is 0.429. The van der Waals surface area contributed by atoms with Gasteiger partial charge in [-0.05, 0) is 55.0 Å². The van der Waals surface area contributed by atoms with E-state index in [4.69, 9.17) is 4.74 Å². The van der Waals surface area contributed by atoms with E-state index in [1.807, 2.05) is 6.92 Å². The Hall–Kier alpha value is -3.48. The molecule has 1 heterocycles. The van der Waals surface area contributed by atoms with Crippen LogP contribution in [0.1, 0.15) is 23.0 Å². The number of halogens is 1. The number of carbonyl (C=O) groups is 1. The second kappa shape index (κ2) is 8.75.